The van der Waals surface area contributed by atoms with Crippen molar-refractivity contribution in [3.8, 4) is 17.3 Å². The molecule has 0 aliphatic rings. The monoisotopic (exact) mass is 577 g/mol. The van der Waals surface area contributed by atoms with Crippen LogP contribution < -0.4 is 18.9 Å². The van der Waals surface area contributed by atoms with E-state index in [-0.39, 0.29) is 23.1 Å². The van der Waals surface area contributed by atoms with Crippen molar-refractivity contribution >= 4 is 47.5 Å². The molecular weight excluding hydrogens is 555 g/mol. The van der Waals surface area contributed by atoms with Gasteiger partial charge in [0.1, 0.15) is 0 Å². The first kappa shape index (κ1) is 25.4. The fourth-order valence-corrected chi connectivity index (χ4v) is 6.08. The van der Waals surface area contributed by atoms with Crippen molar-refractivity contribution in [2.75, 3.05) is 12.4 Å². The van der Waals surface area contributed by atoms with Gasteiger partial charge in [-0.1, -0.05) is 0 Å². The van der Waals surface area contributed by atoms with Crippen molar-refractivity contribution < 1.29 is 18.3 Å². The van der Waals surface area contributed by atoms with Gasteiger partial charge in [0.2, 0.25) is 0 Å². The number of benzene rings is 1. The molecule has 1 N–H and O–H groups in total. The second kappa shape index (κ2) is 11.0. The van der Waals surface area contributed by atoms with Gasteiger partial charge in [-0.05, 0) is 0 Å². The summed E-state index contributed by atoms with van der Waals surface area (Å²) in [5.74, 6) is 1.22. The van der Waals surface area contributed by atoms with Gasteiger partial charge in [0.15, 0.2) is 0 Å². The Labute approximate surface area is 223 Å². The maximum absolute atomic E-state index is 13.4. The molecule has 4 aromatic heterocycles. The van der Waals surface area contributed by atoms with Crippen molar-refractivity contribution in [1.29, 1.82) is 0 Å². The van der Waals surface area contributed by atoms with Gasteiger partial charge in [0, 0.05) is 0 Å². The Hall–Kier alpha value is -4.24. The Kier molecular flexibility index (Phi) is 7.37. The van der Waals surface area contributed by atoms with E-state index in [2.05, 4.69) is 20.3 Å². The summed E-state index contributed by atoms with van der Waals surface area (Å²) in [7, 11) is 1.61. The molecule has 5 rings (SSSR count). The number of alkyl halides is 2. The Balaban J connectivity index is 1.59. The van der Waals surface area contributed by atoms with E-state index < -0.39 is 22.2 Å². The topological polar surface area (TPSA) is 108 Å². The van der Waals surface area contributed by atoms with Crippen LogP contribution >= 0.6 is 0 Å². The Morgan fingerprint density at radius 3 is 2.63 bits per heavy atom. The number of halogens is 2. The second-order valence-electron chi connectivity index (χ2n) is 8.27. The zero-order chi connectivity index (χ0) is 26.6. The first-order valence-electron chi connectivity index (χ1n) is 11.5. The SMILES string of the molecule is COc1ccc(Cn2cnc3c([AsH]c4ccnc(NC(C)=O)c4)nc(-c4cccc(C(F)F)n4)nc32)cc1. The number of nitrogens with one attached hydrogen (secondary N) is 1. The van der Waals surface area contributed by atoms with Gasteiger partial charge in [0.05, 0.1) is 0 Å². The maximum atomic E-state index is 13.4. The van der Waals surface area contributed by atoms with Crippen LogP contribution in [0.15, 0.2) is 67.1 Å². The normalized spacial score (nSPS) is 11.5. The third-order valence-corrected chi connectivity index (χ3v) is 8.01. The molecule has 4 heterocycles. The predicted molar refractivity (Wildman–Crippen MR) is 141 cm³/mol. The quantitative estimate of drug-likeness (QED) is 0.283. The zero-order valence-electron chi connectivity index (χ0n) is 20.4. The van der Waals surface area contributed by atoms with Crippen LogP contribution in [0.1, 0.15) is 24.6 Å². The van der Waals surface area contributed by atoms with E-state index in [0.29, 0.717) is 28.0 Å². The van der Waals surface area contributed by atoms with E-state index in [4.69, 9.17) is 14.7 Å². The molecule has 0 saturated heterocycles. The number of carbonyl (C=O) groups is 1. The summed E-state index contributed by atoms with van der Waals surface area (Å²) in [6, 6.07) is 15.7. The van der Waals surface area contributed by atoms with Crippen LogP contribution in [0, 0.1) is 0 Å². The molecule has 0 aliphatic heterocycles. The molecule has 1 aromatic carbocycles. The molecule has 1 atom stereocenters. The molecule has 0 aliphatic carbocycles. The Bertz CT molecular complexity index is 1610. The fraction of sp³-hybridized carbons (Fsp3) is 0.154. The van der Waals surface area contributed by atoms with Crippen LogP contribution in [0.3, 0.4) is 0 Å². The van der Waals surface area contributed by atoms with E-state index in [0.717, 1.165) is 15.7 Å². The first-order chi connectivity index (χ1) is 18.4. The number of anilines is 1. The first-order valence-corrected chi connectivity index (χ1v) is 13.6. The molecular formula is C26H22AsF2N7O2. The van der Waals surface area contributed by atoms with E-state index in [9.17, 15) is 13.6 Å². The van der Waals surface area contributed by atoms with Crippen LogP contribution in [-0.4, -0.2) is 58.3 Å². The molecule has 5 aromatic rings. The van der Waals surface area contributed by atoms with Crippen molar-refractivity contribution in [2.24, 2.45) is 0 Å². The minimum absolute atomic E-state index is 0.219. The van der Waals surface area contributed by atoms with Crippen molar-refractivity contribution in [1.82, 2.24) is 29.5 Å². The number of hydrogen-bond donors (Lipinski definition) is 1. The summed E-state index contributed by atoms with van der Waals surface area (Å²) in [6.45, 7) is 1.91. The van der Waals surface area contributed by atoms with E-state index in [1.54, 1.807) is 31.8 Å². The standard InChI is InChI=1S/C26H22AsF2N7O2/c1-15(37)32-21-12-17(10-11-30-21)27-23-22-26(35-25(34-23)20-5-3-4-19(33-20)24(28)29)36(14-31-22)13-16-6-8-18(38-2)9-7-16/h3-12,14,24,27H,13H2,1-2H3,(H,30,32,37). The molecule has 1 unspecified atom stereocenters. The number of pyridine rings is 2. The number of ether oxygens (including phenoxy) is 1. The average Bonchev–Trinajstić information content (AvgIpc) is 3.32. The molecule has 0 fully saturated rings. The number of fused-ring (bicyclic) bond motifs is 1. The van der Waals surface area contributed by atoms with Crippen LogP contribution in [0.5, 0.6) is 5.75 Å². The van der Waals surface area contributed by atoms with Crippen LogP contribution in [0.2, 0.25) is 0 Å². The van der Waals surface area contributed by atoms with E-state index in [1.165, 1.54) is 19.1 Å². The summed E-state index contributed by atoms with van der Waals surface area (Å²) < 4.78 is 35.5. The number of methoxy groups -OCH3 is 1. The van der Waals surface area contributed by atoms with E-state index in [1.807, 2.05) is 34.9 Å². The van der Waals surface area contributed by atoms with Gasteiger partial charge < -0.3 is 0 Å². The number of imidazole rings is 1. The predicted octanol–water partition coefficient (Wildman–Crippen LogP) is 2.62. The summed E-state index contributed by atoms with van der Waals surface area (Å²) in [6.07, 6.45) is 0.608. The summed E-state index contributed by atoms with van der Waals surface area (Å²) in [5.41, 5.74) is 2.12. The van der Waals surface area contributed by atoms with Gasteiger partial charge in [-0.3, -0.25) is 0 Å². The molecule has 192 valence electrons. The number of aromatic nitrogens is 6. The molecule has 0 bridgehead atoms. The minimum atomic E-state index is -2.71. The van der Waals surface area contributed by atoms with Gasteiger partial charge in [0.25, 0.3) is 0 Å². The molecule has 0 saturated carbocycles. The van der Waals surface area contributed by atoms with Crippen molar-refractivity contribution in [2.45, 2.75) is 19.9 Å². The average molecular weight is 577 g/mol. The van der Waals surface area contributed by atoms with Crippen molar-refractivity contribution in [3.63, 3.8) is 0 Å². The van der Waals surface area contributed by atoms with Gasteiger partial charge >= 0.3 is 223 Å². The zero-order valence-corrected chi connectivity index (χ0v) is 22.5. The van der Waals surface area contributed by atoms with Gasteiger partial charge in [-0.2, -0.15) is 0 Å². The van der Waals surface area contributed by atoms with Crippen LogP contribution in [0.4, 0.5) is 14.6 Å². The Morgan fingerprint density at radius 2 is 1.89 bits per heavy atom. The van der Waals surface area contributed by atoms with Gasteiger partial charge in [-0.25, -0.2) is 0 Å². The number of amides is 1. The molecule has 1 amide bonds. The van der Waals surface area contributed by atoms with Crippen LogP contribution in [0.25, 0.3) is 22.7 Å². The van der Waals surface area contributed by atoms with Gasteiger partial charge in [-0.15, -0.1) is 0 Å². The summed E-state index contributed by atoms with van der Waals surface area (Å²) >= 11 is -1.08. The van der Waals surface area contributed by atoms with Crippen LogP contribution in [-0.2, 0) is 11.3 Å². The summed E-state index contributed by atoms with van der Waals surface area (Å²) in [4.78, 5) is 33.8. The van der Waals surface area contributed by atoms with E-state index >= 15 is 0 Å². The van der Waals surface area contributed by atoms with Crippen molar-refractivity contribution in [3.05, 3.63) is 78.4 Å². The molecule has 12 heteroatoms. The number of rotatable bonds is 8. The number of carbonyl (C=O) groups excluding carboxylic acids is 1. The molecule has 0 spiro atoms. The summed E-state index contributed by atoms with van der Waals surface area (Å²) in [5, 5.41) is 2.69. The molecule has 0 radical (unpaired) electrons. The Morgan fingerprint density at radius 1 is 1.08 bits per heavy atom. The second-order valence-corrected chi connectivity index (χ2v) is 11.0. The molecule has 9 nitrogen and oxygen atoms in total. The third kappa shape index (κ3) is 5.68. The number of nitrogens with zero attached hydrogens (tertiary/aromatic N) is 6. The molecule has 38 heavy (non-hydrogen) atoms. The fourth-order valence-electron chi connectivity index (χ4n) is 3.78. The number of hydrogen-bond acceptors (Lipinski definition) is 7. The third-order valence-electron chi connectivity index (χ3n) is 5.53.